The van der Waals surface area contributed by atoms with Gasteiger partial charge in [-0.1, -0.05) is 17.2 Å². The Bertz CT molecular complexity index is 782. The molecule has 0 saturated heterocycles. The Morgan fingerprint density at radius 3 is 2.78 bits per heavy atom. The molecule has 0 fully saturated rings. The Balaban J connectivity index is 1.97. The van der Waals surface area contributed by atoms with Crippen LogP contribution in [0.5, 0.6) is 11.5 Å². The summed E-state index contributed by atoms with van der Waals surface area (Å²) in [6, 6.07) is 5.49. The molecule has 1 amide bonds. The molecule has 0 aliphatic heterocycles. The molecule has 1 aromatic carbocycles. The number of hydrogen-bond acceptors (Lipinski definition) is 7. The highest BCUT2D eigenvalue weighted by molar-refractivity contribution is 5.78. The van der Waals surface area contributed by atoms with Crippen LogP contribution in [0.1, 0.15) is 26.3 Å². The van der Waals surface area contributed by atoms with Crippen LogP contribution in [-0.4, -0.2) is 45.4 Å². The molecule has 0 atom stereocenters. The molecule has 9 nitrogen and oxygen atoms in total. The van der Waals surface area contributed by atoms with Crippen molar-refractivity contribution < 1.29 is 14.3 Å². The third kappa shape index (κ3) is 6.28. The monoisotopic (exact) mass is 374 g/mol. The molecule has 2 aromatic rings. The second kappa shape index (κ2) is 9.02. The lowest BCUT2D eigenvalue weighted by Crippen LogP contribution is -2.43. The molecule has 0 radical (unpaired) electrons. The zero-order valence-electron chi connectivity index (χ0n) is 16.2. The van der Waals surface area contributed by atoms with Crippen molar-refractivity contribution in [2.75, 3.05) is 19.0 Å². The SMILES string of the molecule is C=CCn1nnnc1NCc1ccc(OCC(=O)NC(C)(C)C)c(OC)c1. The Kier molecular flexibility index (Phi) is 6.75. The van der Waals surface area contributed by atoms with Gasteiger partial charge in [-0.3, -0.25) is 4.79 Å². The molecular formula is C18H26N6O3. The van der Waals surface area contributed by atoms with Crippen LogP contribution in [0.2, 0.25) is 0 Å². The third-order valence-electron chi connectivity index (χ3n) is 3.39. The van der Waals surface area contributed by atoms with Crippen LogP contribution in [0.15, 0.2) is 30.9 Å². The van der Waals surface area contributed by atoms with Gasteiger partial charge in [0.05, 0.1) is 13.7 Å². The number of hydrogen-bond donors (Lipinski definition) is 2. The molecule has 27 heavy (non-hydrogen) atoms. The number of nitrogens with one attached hydrogen (secondary N) is 2. The van der Waals surface area contributed by atoms with Crippen LogP contribution >= 0.6 is 0 Å². The largest absolute Gasteiger partial charge is 0.493 e. The van der Waals surface area contributed by atoms with Gasteiger partial charge in [-0.25, -0.2) is 4.68 Å². The summed E-state index contributed by atoms with van der Waals surface area (Å²) in [5, 5.41) is 17.4. The second-order valence-electron chi connectivity index (χ2n) is 6.90. The number of tetrazole rings is 1. The van der Waals surface area contributed by atoms with Crippen LogP contribution in [0.3, 0.4) is 0 Å². The number of amides is 1. The van der Waals surface area contributed by atoms with Crippen LogP contribution < -0.4 is 20.1 Å². The number of methoxy groups -OCH3 is 1. The quantitative estimate of drug-likeness (QED) is 0.645. The summed E-state index contributed by atoms with van der Waals surface area (Å²) in [4.78, 5) is 11.9. The third-order valence-corrected chi connectivity index (χ3v) is 3.39. The maximum absolute atomic E-state index is 11.9. The fraction of sp³-hybridized carbons (Fsp3) is 0.444. The van der Waals surface area contributed by atoms with Crippen molar-refractivity contribution in [1.29, 1.82) is 0 Å². The van der Waals surface area contributed by atoms with Crippen LogP contribution in [0, 0.1) is 0 Å². The van der Waals surface area contributed by atoms with Crippen LogP contribution in [0.25, 0.3) is 0 Å². The molecule has 146 valence electrons. The molecule has 0 unspecified atom stereocenters. The lowest BCUT2D eigenvalue weighted by Gasteiger charge is -2.20. The standard InChI is InChI=1S/C18H26N6O3/c1-6-9-24-17(21-22-23-24)19-11-13-7-8-14(15(10-13)26-5)27-12-16(25)20-18(2,3)4/h6-8,10H,1,9,11-12H2,2-5H3,(H,20,25)(H,19,21,23). The number of carbonyl (C=O) groups excluding carboxylic acids is 1. The molecule has 0 aliphatic carbocycles. The van der Waals surface area contributed by atoms with Crippen LogP contribution in [-0.2, 0) is 17.9 Å². The fourth-order valence-corrected chi connectivity index (χ4v) is 2.30. The van der Waals surface area contributed by atoms with E-state index < -0.39 is 0 Å². The van der Waals surface area contributed by atoms with Gasteiger partial charge in [-0.2, -0.15) is 0 Å². The van der Waals surface area contributed by atoms with Gasteiger partial charge in [-0.15, -0.1) is 6.58 Å². The molecule has 2 N–H and O–H groups in total. The van der Waals surface area contributed by atoms with E-state index in [1.54, 1.807) is 23.9 Å². The first-order valence-corrected chi connectivity index (χ1v) is 8.54. The van der Waals surface area contributed by atoms with Crippen molar-refractivity contribution in [3.8, 4) is 11.5 Å². The smallest absolute Gasteiger partial charge is 0.258 e. The first-order chi connectivity index (χ1) is 12.8. The van der Waals surface area contributed by atoms with Gasteiger partial charge in [0, 0.05) is 12.1 Å². The molecule has 2 rings (SSSR count). The number of nitrogens with zero attached hydrogens (tertiary/aromatic N) is 4. The summed E-state index contributed by atoms with van der Waals surface area (Å²) >= 11 is 0. The van der Waals surface area contributed by atoms with Gasteiger partial charge in [0.15, 0.2) is 18.1 Å². The van der Waals surface area contributed by atoms with E-state index in [4.69, 9.17) is 9.47 Å². The molecule has 0 spiro atoms. The summed E-state index contributed by atoms with van der Waals surface area (Å²) in [7, 11) is 1.55. The van der Waals surface area contributed by atoms with E-state index >= 15 is 0 Å². The zero-order chi connectivity index (χ0) is 19.9. The Hall–Kier alpha value is -3.10. The number of allylic oxidation sites excluding steroid dienone is 1. The van der Waals surface area contributed by atoms with Crippen LogP contribution in [0.4, 0.5) is 5.95 Å². The van der Waals surface area contributed by atoms with Crippen molar-refractivity contribution in [2.24, 2.45) is 0 Å². The van der Waals surface area contributed by atoms with Gasteiger partial charge >= 0.3 is 0 Å². The normalized spacial score (nSPS) is 11.0. The molecule has 0 aliphatic rings. The summed E-state index contributed by atoms with van der Waals surface area (Å²) in [6.45, 7) is 10.4. The summed E-state index contributed by atoms with van der Waals surface area (Å²) in [6.07, 6.45) is 1.71. The number of aromatic nitrogens is 4. The first-order valence-electron chi connectivity index (χ1n) is 8.54. The maximum atomic E-state index is 11.9. The van der Waals surface area contributed by atoms with E-state index in [-0.39, 0.29) is 18.1 Å². The van der Waals surface area contributed by atoms with E-state index in [2.05, 4.69) is 32.7 Å². The molecule has 0 saturated carbocycles. The van der Waals surface area contributed by atoms with Gasteiger partial charge in [-0.05, 0) is 48.9 Å². The number of carbonyl (C=O) groups is 1. The highest BCUT2D eigenvalue weighted by Gasteiger charge is 2.15. The second-order valence-corrected chi connectivity index (χ2v) is 6.90. The number of rotatable bonds is 9. The topological polar surface area (TPSA) is 103 Å². The van der Waals surface area contributed by atoms with Gasteiger partial charge in [0.25, 0.3) is 5.91 Å². The average Bonchev–Trinajstić information content (AvgIpc) is 3.04. The number of ether oxygens (including phenoxy) is 2. The fourth-order valence-electron chi connectivity index (χ4n) is 2.30. The first kappa shape index (κ1) is 20.2. The van der Waals surface area contributed by atoms with Crippen molar-refractivity contribution >= 4 is 11.9 Å². The summed E-state index contributed by atoms with van der Waals surface area (Å²) in [5.74, 6) is 1.41. The molecular weight excluding hydrogens is 348 g/mol. The average molecular weight is 374 g/mol. The Labute approximate surface area is 158 Å². The van der Waals surface area contributed by atoms with Gasteiger partial charge in [0.1, 0.15) is 0 Å². The lowest BCUT2D eigenvalue weighted by molar-refractivity contribution is -0.124. The van der Waals surface area contributed by atoms with E-state index in [1.165, 1.54) is 0 Å². The van der Waals surface area contributed by atoms with Crippen molar-refractivity contribution in [3.63, 3.8) is 0 Å². The predicted octanol–water partition coefficient (Wildman–Crippen LogP) is 1.77. The van der Waals surface area contributed by atoms with Gasteiger partial charge in [0.2, 0.25) is 5.95 Å². The summed E-state index contributed by atoms with van der Waals surface area (Å²) in [5.41, 5.74) is 0.646. The minimum absolute atomic E-state index is 0.0818. The Morgan fingerprint density at radius 1 is 1.33 bits per heavy atom. The predicted molar refractivity (Wildman–Crippen MR) is 102 cm³/mol. The highest BCUT2D eigenvalue weighted by Crippen LogP contribution is 2.28. The maximum Gasteiger partial charge on any atom is 0.258 e. The van der Waals surface area contributed by atoms with Crippen molar-refractivity contribution in [3.05, 3.63) is 36.4 Å². The Morgan fingerprint density at radius 2 is 2.11 bits per heavy atom. The van der Waals surface area contributed by atoms with E-state index in [1.807, 2.05) is 32.9 Å². The molecule has 0 bridgehead atoms. The van der Waals surface area contributed by atoms with E-state index in [0.29, 0.717) is 30.5 Å². The highest BCUT2D eigenvalue weighted by atomic mass is 16.5. The zero-order valence-corrected chi connectivity index (χ0v) is 16.2. The van der Waals surface area contributed by atoms with Gasteiger partial charge < -0.3 is 20.1 Å². The van der Waals surface area contributed by atoms with Crippen molar-refractivity contribution in [1.82, 2.24) is 25.5 Å². The van der Waals surface area contributed by atoms with Crippen molar-refractivity contribution in [2.45, 2.75) is 39.4 Å². The minimum atomic E-state index is -0.304. The lowest BCUT2D eigenvalue weighted by atomic mass is 10.1. The number of benzene rings is 1. The van der Waals surface area contributed by atoms with E-state index in [9.17, 15) is 4.79 Å². The number of anilines is 1. The minimum Gasteiger partial charge on any atom is -0.493 e. The summed E-state index contributed by atoms with van der Waals surface area (Å²) < 4.78 is 12.6. The molecule has 1 heterocycles. The van der Waals surface area contributed by atoms with E-state index in [0.717, 1.165) is 5.56 Å². The molecule has 9 heteroatoms. The molecule has 1 aromatic heterocycles.